The van der Waals surface area contributed by atoms with Gasteiger partial charge in [0.1, 0.15) is 5.69 Å². The fourth-order valence-corrected chi connectivity index (χ4v) is 2.60. The maximum absolute atomic E-state index is 14.1. The van der Waals surface area contributed by atoms with E-state index in [1.165, 1.54) is 6.20 Å². The molecule has 138 valence electrons. The topological polar surface area (TPSA) is 75.2 Å². The van der Waals surface area contributed by atoms with Crippen molar-refractivity contribution in [3.63, 3.8) is 0 Å². The highest BCUT2D eigenvalue weighted by Crippen LogP contribution is 2.26. The first kappa shape index (κ1) is 19.2. The first-order valence-corrected chi connectivity index (χ1v) is 8.44. The van der Waals surface area contributed by atoms with Crippen molar-refractivity contribution in [2.75, 3.05) is 13.1 Å². The van der Waals surface area contributed by atoms with Gasteiger partial charge in [-0.1, -0.05) is 20.8 Å². The molecule has 0 bridgehead atoms. The van der Waals surface area contributed by atoms with Crippen molar-refractivity contribution in [1.29, 1.82) is 0 Å². The number of carbonyl (C=O) groups excluding carboxylic acids is 2. The van der Waals surface area contributed by atoms with Gasteiger partial charge in [0.2, 0.25) is 5.91 Å². The molecule has 2 heterocycles. The van der Waals surface area contributed by atoms with Gasteiger partial charge in [-0.05, 0) is 18.3 Å². The maximum Gasteiger partial charge on any atom is 0.367 e. The second kappa shape index (κ2) is 7.84. The van der Waals surface area contributed by atoms with Gasteiger partial charge in [-0.15, -0.1) is 0 Å². The Bertz CT molecular complexity index is 610. The summed E-state index contributed by atoms with van der Waals surface area (Å²) in [5, 5.41) is 2.33. The van der Waals surface area contributed by atoms with Crippen molar-refractivity contribution in [3.05, 3.63) is 24.3 Å². The number of halogens is 2. The van der Waals surface area contributed by atoms with Gasteiger partial charge in [0.05, 0.1) is 6.20 Å². The van der Waals surface area contributed by atoms with Crippen LogP contribution < -0.4 is 5.32 Å². The zero-order chi connectivity index (χ0) is 18.6. The molecule has 0 aliphatic carbocycles. The molecule has 0 radical (unpaired) electrons. The lowest BCUT2D eigenvalue weighted by Gasteiger charge is -2.22. The van der Waals surface area contributed by atoms with Crippen LogP contribution in [0.1, 0.15) is 39.3 Å². The van der Waals surface area contributed by atoms with E-state index in [9.17, 15) is 18.4 Å². The molecule has 1 fully saturated rings. The van der Waals surface area contributed by atoms with E-state index in [-0.39, 0.29) is 18.4 Å². The normalized spacial score (nSPS) is 19.1. The summed E-state index contributed by atoms with van der Waals surface area (Å²) >= 11 is 0. The summed E-state index contributed by atoms with van der Waals surface area (Å²) in [5.41, 5.74) is -0.691. The van der Waals surface area contributed by atoms with E-state index in [2.05, 4.69) is 29.1 Å². The Kier molecular flexibility index (Phi) is 6.02. The van der Waals surface area contributed by atoms with Gasteiger partial charge in [-0.2, -0.15) is 8.78 Å². The van der Waals surface area contributed by atoms with Crippen LogP contribution in [0.2, 0.25) is 0 Å². The van der Waals surface area contributed by atoms with Gasteiger partial charge in [0.15, 0.2) is 0 Å². The van der Waals surface area contributed by atoms with Gasteiger partial charge in [0.25, 0.3) is 5.91 Å². The zero-order valence-corrected chi connectivity index (χ0v) is 14.7. The minimum atomic E-state index is -3.75. The molecular formula is C17H24F2N4O2. The first-order chi connectivity index (χ1) is 11.7. The lowest BCUT2D eigenvalue weighted by Crippen LogP contribution is -2.45. The van der Waals surface area contributed by atoms with Crippen LogP contribution in [0.15, 0.2) is 18.6 Å². The minimum absolute atomic E-state index is 0.00126. The summed E-state index contributed by atoms with van der Waals surface area (Å²) in [5.74, 6) is -4.52. The highest BCUT2D eigenvalue weighted by atomic mass is 19.3. The van der Waals surface area contributed by atoms with Crippen LogP contribution in [-0.2, 0) is 15.5 Å². The van der Waals surface area contributed by atoms with Crippen molar-refractivity contribution in [2.24, 2.45) is 11.8 Å². The summed E-state index contributed by atoms with van der Waals surface area (Å²) in [4.78, 5) is 32.9. The van der Waals surface area contributed by atoms with Crippen LogP contribution in [0.25, 0.3) is 0 Å². The third kappa shape index (κ3) is 4.70. The Morgan fingerprint density at radius 2 is 2.08 bits per heavy atom. The number of hydrogen-bond donors (Lipinski definition) is 1. The average molecular weight is 354 g/mol. The number of rotatable bonds is 6. The number of likely N-dealkylation sites (tertiary alicyclic amines) is 1. The third-order valence-corrected chi connectivity index (χ3v) is 4.68. The fourth-order valence-electron chi connectivity index (χ4n) is 2.60. The molecule has 0 saturated carbocycles. The van der Waals surface area contributed by atoms with E-state index < -0.39 is 23.6 Å². The fraction of sp³-hybridized carbons (Fsp3) is 0.647. The van der Waals surface area contributed by atoms with Gasteiger partial charge >= 0.3 is 5.92 Å². The summed E-state index contributed by atoms with van der Waals surface area (Å²) in [6.07, 6.45) is 4.13. The number of nitrogens with one attached hydrogen (secondary N) is 1. The predicted molar refractivity (Wildman–Crippen MR) is 87.7 cm³/mol. The van der Waals surface area contributed by atoms with E-state index >= 15 is 0 Å². The molecule has 1 aromatic rings. The molecule has 2 amide bonds. The van der Waals surface area contributed by atoms with Crippen molar-refractivity contribution >= 4 is 11.8 Å². The molecule has 6 nitrogen and oxygen atoms in total. The molecule has 1 N–H and O–H groups in total. The largest absolute Gasteiger partial charge is 0.367 e. The SMILES string of the molecule is CC(C)C(C)CC(=O)N1CC[C@H](NC(=O)C(F)(F)c2cnccn2)C1. The quantitative estimate of drug-likeness (QED) is 0.847. The van der Waals surface area contributed by atoms with E-state index in [1.807, 2.05) is 6.92 Å². The van der Waals surface area contributed by atoms with E-state index in [0.29, 0.717) is 25.3 Å². The molecule has 2 rings (SSSR count). The monoisotopic (exact) mass is 354 g/mol. The molecule has 1 aromatic heterocycles. The number of amides is 2. The number of carbonyl (C=O) groups is 2. The maximum atomic E-state index is 14.1. The van der Waals surface area contributed by atoms with Crippen LogP contribution in [0, 0.1) is 11.8 Å². The van der Waals surface area contributed by atoms with Crippen molar-refractivity contribution < 1.29 is 18.4 Å². The van der Waals surface area contributed by atoms with Crippen LogP contribution in [0.3, 0.4) is 0 Å². The Balaban J connectivity index is 1.90. The number of alkyl halides is 2. The molecule has 1 aliphatic heterocycles. The summed E-state index contributed by atoms with van der Waals surface area (Å²) < 4.78 is 28.2. The molecule has 1 unspecified atom stereocenters. The lowest BCUT2D eigenvalue weighted by atomic mass is 9.94. The summed E-state index contributed by atoms with van der Waals surface area (Å²) in [6, 6.07) is -0.478. The van der Waals surface area contributed by atoms with Crippen LogP contribution in [-0.4, -0.2) is 45.8 Å². The van der Waals surface area contributed by atoms with Gasteiger partial charge in [-0.25, -0.2) is 0 Å². The van der Waals surface area contributed by atoms with Crippen LogP contribution in [0.4, 0.5) is 8.78 Å². The Morgan fingerprint density at radius 3 is 2.68 bits per heavy atom. The molecule has 8 heteroatoms. The highest BCUT2D eigenvalue weighted by molar-refractivity contribution is 5.84. The number of aromatic nitrogens is 2. The highest BCUT2D eigenvalue weighted by Gasteiger charge is 2.44. The molecule has 0 aromatic carbocycles. The second-order valence-corrected chi connectivity index (χ2v) is 6.89. The average Bonchev–Trinajstić information content (AvgIpc) is 3.04. The van der Waals surface area contributed by atoms with Crippen molar-refractivity contribution in [3.8, 4) is 0 Å². The van der Waals surface area contributed by atoms with E-state index in [1.54, 1.807) is 4.90 Å². The molecule has 2 atom stereocenters. The predicted octanol–water partition coefficient (Wildman–Crippen LogP) is 1.97. The van der Waals surface area contributed by atoms with Crippen molar-refractivity contribution in [1.82, 2.24) is 20.2 Å². The Hall–Kier alpha value is -2.12. The Labute approximate surface area is 146 Å². The standard InChI is InChI=1S/C17H24F2N4O2/c1-11(2)12(3)8-15(24)23-7-4-13(10-23)22-16(25)17(18,19)14-9-20-5-6-21-14/h5-6,9,11-13H,4,7-8,10H2,1-3H3,(H,22,25)/t12?,13-/m0/s1. The smallest absolute Gasteiger partial charge is 0.346 e. The van der Waals surface area contributed by atoms with E-state index in [4.69, 9.17) is 0 Å². The molecule has 1 saturated heterocycles. The van der Waals surface area contributed by atoms with Crippen molar-refractivity contribution in [2.45, 2.75) is 45.6 Å². The zero-order valence-electron chi connectivity index (χ0n) is 14.7. The summed E-state index contributed by atoms with van der Waals surface area (Å²) in [6.45, 7) is 6.84. The van der Waals surface area contributed by atoms with Gasteiger partial charge < -0.3 is 10.2 Å². The van der Waals surface area contributed by atoms with Crippen LogP contribution >= 0.6 is 0 Å². The molecular weight excluding hydrogens is 330 g/mol. The summed E-state index contributed by atoms with van der Waals surface area (Å²) in [7, 11) is 0. The van der Waals surface area contributed by atoms with E-state index in [0.717, 1.165) is 12.4 Å². The number of nitrogens with zero attached hydrogens (tertiary/aromatic N) is 3. The van der Waals surface area contributed by atoms with Crippen LogP contribution in [0.5, 0.6) is 0 Å². The Morgan fingerprint density at radius 1 is 1.36 bits per heavy atom. The van der Waals surface area contributed by atoms with Gasteiger partial charge in [0, 0.05) is 37.9 Å². The second-order valence-electron chi connectivity index (χ2n) is 6.89. The lowest BCUT2D eigenvalue weighted by molar-refractivity contribution is -0.148. The third-order valence-electron chi connectivity index (χ3n) is 4.68. The molecule has 25 heavy (non-hydrogen) atoms. The molecule has 0 spiro atoms. The number of hydrogen-bond acceptors (Lipinski definition) is 4. The first-order valence-electron chi connectivity index (χ1n) is 8.44. The minimum Gasteiger partial charge on any atom is -0.346 e. The van der Waals surface area contributed by atoms with Gasteiger partial charge in [-0.3, -0.25) is 19.6 Å². The molecule has 1 aliphatic rings.